The molecule has 4 rings (SSSR count). The molecule has 0 unspecified atom stereocenters. The van der Waals surface area contributed by atoms with Gasteiger partial charge in [0, 0.05) is 23.1 Å². The van der Waals surface area contributed by atoms with Gasteiger partial charge < -0.3 is 9.72 Å². The van der Waals surface area contributed by atoms with E-state index in [-0.39, 0.29) is 17.3 Å². The number of hydrogen-bond donors (Lipinski definition) is 1. The van der Waals surface area contributed by atoms with Crippen LogP contribution >= 0.6 is 0 Å². The quantitative estimate of drug-likeness (QED) is 0.765. The van der Waals surface area contributed by atoms with E-state index in [1.807, 2.05) is 0 Å². The average molecular weight is 374 g/mol. The molecule has 0 atom stereocenters. The Bertz CT molecular complexity index is 1110. The number of aromatic amines is 1. The van der Waals surface area contributed by atoms with E-state index in [1.165, 1.54) is 16.4 Å². The Kier molecular flexibility index (Phi) is 4.00. The van der Waals surface area contributed by atoms with Crippen LogP contribution in [0.4, 0.5) is 4.39 Å². The number of aryl methyl sites for hydroxylation is 1. The van der Waals surface area contributed by atoms with Gasteiger partial charge in [-0.05, 0) is 60.9 Å². The zero-order chi connectivity index (χ0) is 18.5. The predicted octanol–water partition coefficient (Wildman–Crippen LogP) is 3.37. The van der Waals surface area contributed by atoms with Gasteiger partial charge in [0.15, 0.2) is 0 Å². The number of methoxy groups -OCH3 is 1. The molecule has 1 aliphatic heterocycles. The Labute approximate surface area is 151 Å². The van der Waals surface area contributed by atoms with Crippen LogP contribution in [0.2, 0.25) is 0 Å². The molecule has 2 heterocycles. The molecule has 2 aromatic carbocycles. The van der Waals surface area contributed by atoms with Crippen LogP contribution in [-0.2, 0) is 23.0 Å². The summed E-state index contributed by atoms with van der Waals surface area (Å²) in [6.45, 7) is 2.38. The second-order valence-corrected chi connectivity index (χ2v) is 8.40. The molecule has 136 valence electrons. The lowest BCUT2D eigenvalue weighted by atomic mass is 10.0. The molecule has 0 bridgehead atoms. The lowest BCUT2D eigenvalue weighted by molar-refractivity contribution is 0.387. The molecular weight excluding hydrogens is 355 g/mol. The number of rotatable bonds is 3. The number of H-pyrrole nitrogens is 1. The predicted molar refractivity (Wildman–Crippen MR) is 97.3 cm³/mol. The van der Waals surface area contributed by atoms with E-state index in [0.29, 0.717) is 24.3 Å². The SMILES string of the molecule is COc1ccc(S(=O)(=O)N2CCc3c([nH]c4ccc(F)cc34)C2)c(C)c1. The first-order valence-corrected chi connectivity index (χ1v) is 9.78. The molecule has 0 aliphatic carbocycles. The van der Waals surface area contributed by atoms with Gasteiger partial charge in [0.1, 0.15) is 11.6 Å². The minimum atomic E-state index is -3.62. The van der Waals surface area contributed by atoms with Gasteiger partial charge in [0.2, 0.25) is 10.0 Å². The molecule has 7 heteroatoms. The molecule has 0 saturated carbocycles. The van der Waals surface area contributed by atoms with Crippen molar-refractivity contribution in [2.75, 3.05) is 13.7 Å². The van der Waals surface area contributed by atoms with Gasteiger partial charge in [0.05, 0.1) is 18.6 Å². The van der Waals surface area contributed by atoms with E-state index in [1.54, 1.807) is 38.3 Å². The third-order valence-corrected chi connectivity index (χ3v) is 6.91. The number of sulfonamides is 1. The van der Waals surface area contributed by atoms with Crippen molar-refractivity contribution in [1.82, 2.24) is 9.29 Å². The van der Waals surface area contributed by atoms with Crippen molar-refractivity contribution < 1.29 is 17.5 Å². The Morgan fingerprint density at radius 3 is 2.73 bits per heavy atom. The van der Waals surface area contributed by atoms with E-state index >= 15 is 0 Å². The van der Waals surface area contributed by atoms with E-state index in [2.05, 4.69) is 4.98 Å². The van der Waals surface area contributed by atoms with Crippen LogP contribution in [0, 0.1) is 12.7 Å². The maximum Gasteiger partial charge on any atom is 0.243 e. The number of hydrogen-bond acceptors (Lipinski definition) is 3. The lowest BCUT2D eigenvalue weighted by Gasteiger charge is -2.27. The first-order chi connectivity index (χ1) is 12.4. The van der Waals surface area contributed by atoms with Crippen molar-refractivity contribution in [3.8, 4) is 5.75 Å². The molecule has 0 fully saturated rings. The Morgan fingerprint density at radius 2 is 2.00 bits per heavy atom. The largest absolute Gasteiger partial charge is 0.497 e. The molecule has 3 aromatic rings. The van der Waals surface area contributed by atoms with Gasteiger partial charge in [-0.3, -0.25) is 0 Å². The molecule has 26 heavy (non-hydrogen) atoms. The summed E-state index contributed by atoms with van der Waals surface area (Å²) in [5.74, 6) is 0.336. The highest BCUT2D eigenvalue weighted by Gasteiger charge is 2.31. The second-order valence-electron chi connectivity index (χ2n) is 6.49. The van der Waals surface area contributed by atoms with Gasteiger partial charge in [0.25, 0.3) is 0 Å². The maximum absolute atomic E-state index is 13.5. The van der Waals surface area contributed by atoms with Crippen LogP contribution in [0.25, 0.3) is 10.9 Å². The number of fused-ring (bicyclic) bond motifs is 3. The highest BCUT2D eigenvalue weighted by molar-refractivity contribution is 7.89. The van der Waals surface area contributed by atoms with Gasteiger partial charge in [-0.25, -0.2) is 12.8 Å². The minimum Gasteiger partial charge on any atom is -0.497 e. The molecule has 0 spiro atoms. The topological polar surface area (TPSA) is 62.4 Å². The fraction of sp³-hybridized carbons (Fsp3) is 0.263. The fourth-order valence-corrected chi connectivity index (χ4v) is 5.19. The number of benzene rings is 2. The van der Waals surface area contributed by atoms with Crippen molar-refractivity contribution in [1.29, 1.82) is 0 Å². The van der Waals surface area contributed by atoms with Crippen LogP contribution in [0.15, 0.2) is 41.3 Å². The summed E-state index contributed by atoms with van der Waals surface area (Å²) in [5.41, 5.74) is 3.30. The van der Waals surface area contributed by atoms with Gasteiger partial charge in [-0.2, -0.15) is 4.31 Å². The van der Waals surface area contributed by atoms with Crippen molar-refractivity contribution in [3.05, 3.63) is 59.0 Å². The summed E-state index contributed by atoms with van der Waals surface area (Å²) in [6.07, 6.45) is 0.549. The first kappa shape index (κ1) is 17.1. The molecular formula is C19H19FN2O3S. The highest BCUT2D eigenvalue weighted by atomic mass is 32.2. The third kappa shape index (κ3) is 2.68. The molecule has 5 nitrogen and oxygen atoms in total. The normalized spacial score (nSPS) is 15.2. The summed E-state index contributed by atoms with van der Waals surface area (Å²) >= 11 is 0. The first-order valence-electron chi connectivity index (χ1n) is 8.34. The minimum absolute atomic E-state index is 0.249. The van der Waals surface area contributed by atoms with Crippen LogP contribution in [0.3, 0.4) is 0 Å². The Morgan fingerprint density at radius 1 is 1.19 bits per heavy atom. The van der Waals surface area contributed by atoms with Crippen LogP contribution < -0.4 is 4.74 Å². The smallest absolute Gasteiger partial charge is 0.243 e. The van der Waals surface area contributed by atoms with E-state index in [4.69, 9.17) is 4.74 Å². The van der Waals surface area contributed by atoms with Crippen molar-refractivity contribution in [2.24, 2.45) is 0 Å². The van der Waals surface area contributed by atoms with Crippen molar-refractivity contribution >= 4 is 20.9 Å². The van der Waals surface area contributed by atoms with Gasteiger partial charge in [-0.1, -0.05) is 0 Å². The van der Waals surface area contributed by atoms with E-state index < -0.39 is 10.0 Å². The summed E-state index contributed by atoms with van der Waals surface area (Å²) in [7, 11) is -2.07. The monoisotopic (exact) mass is 374 g/mol. The van der Waals surface area contributed by atoms with Crippen LogP contribution in [-0.4, -0.2) is 31.4 Å². The number of aromatic nitrogens is 1. The Hall–Kier alpha value is -2.38. The molecule has 1 aromatic heterocycles. The number of nitrogens with zero attached hydrogens (tertiary/aromatic N) is 1. The molecule has 1 aliphatic rings. The van der Waals surface area contributed by atoms with Crippen molar-refractivity contribution in [2.45, 2.75) is 24.8 Å². The number of ether oxygens (including phenoxy) is 1. The van der Waals surface area contributed by atoms with Gasteiger partial charge >= 0.3 is 0 Å². The summed E-state index contributed by atoms with van der Waals surface area (Å²) < 4.78 is 46.4. The molecule has 0 amide bonds. The summed E-state index contributed by atoms with van der Waals surface area (Å²) in [5, 5.41) is 0.831. The Balaban J connectivity index is 1.71. The van der Waals surface area contributed by atoms with Crippen LogP contribution in [0.5, 0.6) is 5.75 Å². The lowest BCUT2D eigenvalue weighted by Crippen LogP contribution is -2.36. The van der Waals surface area contributed by atoms with E-state index in [0.717, 1.165) is 22.2 Å². The summed E-state index contributed by atoms with van der Waals surface area (Å²) in [6, 6.07) is 9.55. The average Bonchev–Trinajstić information content (AvgIpc) is 2.98. The number of halogens is 1. The highest BCUT2D eigenvalue weighted by Crippen LogP contribution is 2.32. The summed E-state index contributed by atoms with van der Waals surface area (Å²) in [4.78, 5) is 3.52. The molecule has 1 N–H and O–H groups in total. The fourth-order valence-electron chi connectivity index (χ4n) is 3.57. The zero-order valence-electron chi connectivity index (χ0n) is 14.5. The van der Waals surface area contributed by atoms with Gasteiger partial charge in [-0.15, -0.1) is 0 Å². The second kappa shape index (κ2) is 6.10. The van der Waals surface area contributed by atoms with Crippen LogP contribution in [0.1, 0.15) is 16.8 Å². The molecule has 0 saturated heterocycles. The maximum atomic E-state index is 13.5. The van der Waals surface area contributed by atoms with Crippen molar-refractivity contribution in [3.63, 3.8) is 0 Å². The van der Waals surface area contributed by atoms with E-state index in [9.17, 15) is 12.8 Å². The molecule has 0 radical (unpaired) electrons. The zero-order valence-corrected chi connectivity index (χ0v) is 15.4. The number of nitrogens with one attached hydrogen (secondary N) is 1. The standard InChI is InChI=1S/C19H19FN2O3S/c1-12-9-14(25-2)4-6-19(12)26(23,24)22-8-7-15-16-10-13(20)3-5-17(16)21-18(15)11-22/h3-6,9-10,21H,7-8,11H2,1-2H3. The third-order valence-electron chi connectivity index (χ3n) is 4.90.